The van der Waals surface area contributed by atoms with E-state index in [9.17, 15) is 24.9 Å². The summed E-state index contributed by atoms with van der Waals surface area (Å²) < 4.78 is 0. The van der Waals surface area contributed by atoms with Gasteiger partial charge in [-0.15, -0.1) is 0 Å². The standard InChI is InChI=1S/2C16H24O3.Ca/c2*1-2-3-4-5-6-7-8-9-13-10-11-14(16(18)19)15(17)12-13;/h2*10-12,17H,2-9H2,1H3,(H,18,19);/q;;+2/p-2. The molecule has 0 fully saturated rings. The molecular formula is C32H46CaO6. The molecule has 0 heterocycles. The molecule has 212 valence electrons. The van der Waals surface area contributed by atoms with Crippen molar-refractivity contribution in [1.29, 1.82) is 0 Å². The Morgan fingerprint density at radius 1 is 0.667 bits per heavy atom. The van der Waals surface area contributed by atoms with Crippen LogP contribution in [0.1, 0.15) is 136 Å². The molecule has 0 saturated heterocycles. The smallest absolute Gasteiger partial charge is 0.872 e. The van der Waals surface area contributed by atoms with Gasteiger partial charge in [0.1, 0.15) is 11.3 Å². The van der Waals surface area contributed by atoms with Crippen LogP contribution in [0, 0.1) is 0 Å². The molecule has 2 aromatic rings. The number of aryl methyl sites for hydroxylation is 2. The maximum Gasteiger partial charge on any atom is 2.00 e. The summed E-state index contributed by atoms with van der Waals surface area (Å²) >= 11 is 0. The van der Waals surface area contributed by atoms with E-state index in [2.05, 4.69) is 13.8 Å². The minimum atomic E-state index is -1.40. The van der Waals surface area contributed by atoms with E-state index in [-0.39, 0.29) is 54.6 Å². The Balaban J connectivity index is 0.000000722. The number of aromatic hydroxyl groups is 1. The minimum Gasteiger partial charge on any atom is -0.872 e. The van der Waals surface area contributed by atoms with Crippen LogP contribution in [-0.4, -0.2) is 59.9 Å². The van der Waals surface area contributed by atoms with Crippen LogP contribution in [0.5, 0.6) is 11.5 Å². The van der Waals surface area contributed by atoms with Crippen LogP contribution in [0.3, 0.4) is 0 Å². The molecular weight excluding hydrogens is 520 g/mol. The van der Waals surface area contributed by atoms with Crippen LogP contribution >= 0.6 is 0 Å². The van der Waals surface area contributed by atoms with Crippen LogP contribution in [0.2, 0.25) is 0 Å². The molecule has 0 atom stereocenters. The fraction of sp³-hybridized carbons (Fsp3) is 0.562. The monoisotopic (exact) mass is 566 g/mol. The number of unbranched alkanes of at least 4 members (excludes halogenated alkanes) is 12. The number of hydrogen-bond donors (Lipinski definition) is 2. The molecule has 6 nitrogen and oxygen atoms in total. The molecule has 0 unspecified atom stereocenters. The molecule has 0 spiro atoms. The van der Waals surface area contributed by atoms with Crippen LogP contribution in [0.4, 0.5) is 0 Å². The van der Waals surface area contributed by atoms with Gasteiger partial charge in [-0.05, 0) is 54.5 Å². The fourth-order valence-electron chi connectivity index (χ4n) is 4.38. The number of phenols is 1. The average Bonchev–Trinajstić information content (AvgIpc) is 2.87. The van der Waals surface area contributed by atoms with Gasteiger partial charge in [0.2, 0.25) is 0 Å². The van der Waals surface area contributed by atoms with Crippen molar-refractivity contribution in [3.05, 3.63) is 58.7 Å². The van der Waals surface area contributed by atoms with Gasteiger partial charge in [0.15, 0.2) is 0 Å². The number of hydrogen-bond acceptors (Lipinski definition) is 5. The zero-order valence-electron chi connectivity index (χ0n) is 24.0. The molecule has 0 aromatic heterocycles. The second-order valence-corrected chi connectivity index (χ2v) is 10.0. The summed E-state index contributed by atoms with van der Waals surface area (Å²) in [5, 5.41) is 40.5. The maximum atomic E-state index is 11.5. The normalized spacial score (nSPS) is 10.3. The second-order valence-electron chi connectivity index (χ2n) is 10.0. The molecule has 0 amide bonds. The van der Waals surface area contributed by atoms with Gasteiger partial charge in [0.05, 0.1) is 5.97 Å². The third kappa shape index (κ3) is 16.8. The van der Waals surface area contributed by atoms with E-state index in [0.29, 0.717) is 0 Å². The number of carboxylic acid groups (broad SMARTS) is 2. The number of benzene rings is 2. The molecule has 7 heteroatoms. The summed E-state index contributed by atoms with van der Waals surface area (Å²) in [5.74, 6) is -3.05. The molecule has 0 radical (unpaired) electrons. The van der Waals surface area contributed by atoms with Crippen molar-refractivity contribution in [1.82, 2.24) is 0 Å². The Labute approximate surface area is 264 Å². The third-order valence-electron chi connectivity index (χ3n) is 6.70. The van der Waals surface area contributed by atoms with E-state index in [0.717, 1.165) is 36.8 Å². The van der Waals surface area contributed by atoms with Gasteiger partial charge < -0.3 is 25.2 Å². The average molecular weight is 567 g/mol. The number of carbonyl (C=O) groups is 2. The minimum absolute atomic E-state index is 0. The summed E-state index contributed by atoms with van der Waals surface area (Å²) in [7, 11) is 0. The molecule has 0 aliphatic heterocycles. The van der Waals surface area contributed by atoms with E-state index in [1.807, 2.05) is 0 Å². The zero-order valence-corrected chi connectivity index (χ0v) is 26.2. The van der Waals surface area contributed by atoms with Crippen molar-refractivity contribution in [3.8, 4) is 11.5 Å². The zero-order chi connectivity index (χ0) is 28.2. The first-order chi connectivity index (χ1) is 18.3. The first-order valence-corrected chi connectivity index (χ1v) is 14.4. The molecule has 0 saturated carbocycles. The number of rotatable bonds is 18. The quantitative estimate of drug-likeness (QED) is 0.159. The molecule has 0 aliphatic rings. The van der Waals surface area contributed by atoms with Crippen LogP contribution in [0.25, 0.3) is 0 Å². The Morgan fingerprint density at radius 2 is 1.08 bits per heavy atom. The maximum absolute atomic E-state index is 11.5. The van der Waals surface area contributed by atoms with Gasteiger partial charge in [0.25, 0.3) is 0 Å². The van der Waals surface area contributed by atoms with Gasteiger partial charge in [0, 0.05) is 0 Å². The van der Waals surface area contributed by atoms with Crippen molar-refractivity contribution in [2.45, 2.75) is 117 Å². The van der Waals surface area contributed by atoms with Crippen molar-refractivity contribution in [3.63, 3.8) is 0 Å². The predicted octanol–water partition coefficient (Wildman–Crippen LogP) is 6.42. The van der Waals surface area contributed by atoms with Gasteiger partial charge in [-0.25, -0.2) is 4.79 Å². The summed E-state index contributed by atoms with van der Waals surface area (Å²) in [6.45, 7) is 4.42. The van der Waals surface area contributed by atoms with E-state index >= 15 is 0 Å². The third-order valence-corrected chi connectivity index (χ3v) is 6.70. The first-order valence-electron chi connectivity index (χ1n) is 14.4. The number of aromatic carboxylic acids is 2. The van der Waals surface area contributed by atoms with Crippen molar-refractivity contribution >= 4 is 49.7 Å². The Kier molecular flexibility index (Phi) is 22.0. The summed E-state index contributed by atoms with van der Waals surface area (Å²) in [4.78, 5) is 21.4. The van der Waals surface area contributed by atoms with Crippen LogP contribution < -0.4 is 10.2 Å². The number of carbonyl (C=O) groups excluding carboxylic acids is 1. The van der Waals surface area contributed by atoms with E-state index < -0.39 is 17.7 Å². The van der Waals surface area contributed by atoms with E-state index in [4.69, 9.17) is 5.11 Å². The van der Waals surface area contributed by atoms with Gasteiger partial charge >= 0.3 is 43.7 Å². The summed E-state index contributed by atoms with van der Waals surface area (Å²) in [5.41, 5.74) is 1.66. The predicted molar refractivity (Wildman–Crippen MR) is 154 cm³/mol. The summed E-state index contributed by atoms with van der Waals surface area (Å²) in [6, 6.07) is 9.33. The van der Waals surface area contributed by atoms with Gasteiger partial charge in [-0.1, -0.05) is 121 Å². The molecule has 39 heavy (non-hydrogen) atoms. The SMILES string of the molecule is CCCCCCCCCc1ccc(C(=O)O)c(O)c1.CCCCCCCCCc1ccc(C(=O)[O-])c([O-])c1.[Ca+2]. The fourth-order valence-corrected chi connectivity index (χ4v) is 4.38. The number of carboxylic acids is 2. The largest absolute Gasteiger partial charge is 2.00 e. The van der Waals surface area contributed by atoms with Gasteiger partial charge in [-0.3, -0.25) is 0 Å². The Bertz CT molecular complexity index is 882. The van der Waals surface area contributed by atoms with Crippen LogP contribution in [-0.2, 0) is 12.8 Å². The Morgan fingerprint density at radius 3 is 1.46 bits per heavy atom. The van der Waals surface area contributed by atoms with Crippen molar-refractivity contribution in [2.75, 3.05) is 0 Å². The molecule has 2 aromatic carbocycles. The Hall–Kier alpha value is -1.76. The summed E-state index contributed by atoms with van der Waals surface area (Å²) in [6.07, 6.45) is 19.1. The van der Waals surface area contributed by atoms with Crippen molar-refractivity contribution in [2.24, 2.45) is 0 Å². The second kappa shape index (κ2) is 23.0. The van der Waals surface area contributed by atoms with E-state index in [1.54, 1.807) is 18.2 Å². The molecule has 0 aliphatic carbocycles. The van der Waals surface area contributed by atoms with Crippen LogP contribution in [0.15, 0.2) is 36.4 Å². The molecule has 2 N–H and O–H groups in total. The first kappa shape index (κ1) is 37.2. The topological polar surface area (TPSA) is 121 Å². The van der Waals surface area contributed by atoms with E-state index in [1.165, 1.54) is 95.2 Å². The van der Waals surface area contributed by atoms with Crippen molar-refractivity contribution < 1.29 is 30.0 Å². The molecule has 2 rings (SSSR count). The van der Waals surface area contributed by atoms with Gasteiger partial charge in [-0.2, -0.15) is 0 Å². The molecule has 0 bridgehead atoms.